The van der Waals surface area contributed by atoms with Gasteiger partial charge in [-0.25, -0.2) is 4.99 Å². The topological polar surface area (TPSA) is 75.2 Å². The maximum absolute atomic E-state index is 11.9. The largest absolute Gasteiger partial charge is 0.493 e. The number of benzene rings is 2. The van der Waals surface area contributed by atoms with Gasteiger partial charge in [0.05, 0.1) is 20.8 Å². The van der Waals surface area contributed by atoms with Gasteiger partial charge in [-0.15, -0.1) is 0 Å². The maximum Gasteiger partial charge on any atom is 0.222 e. The van der Waals surface area contributed by atoms with Crippen LogP contribution in [0.15, 0.2) is 47.5 Å². The third-order valence-corrected chi connectivity index (χ3v) is 5.21. The molecule has 0 atom stereocenters. The first-order valence-electron chi connectivity index (χ1n) is 10.7. The van der Waals surface area contributed by atoms with Crippen LogP contribution in [0, 0.1) is 0 Å². The molecule has 1 aliphatic rings. The van der Waals surface area contributed by atoms with Gasteiger partial charge in [-0.3, -0.25) is 4.79 Å². The Balaban J connectivity index is 1.61. The van der Waals surface area contributed by atoms with E-state index >= 15 is 0 Å². The molecule has 2 N–H and O–H groups in total. The molecule has 0 aliphatic carbocycles. The van der Waals surface area contributed by atoms with E-state index in [0.717, 1.165) is 42.2 Å². The summed E-state index contributed by atoms with van der Waals surface area (Å²) in [6, 6.07) is 14.2. The van der Waals surface area contributed by atoms with Gasteiger partial charge in [-0.1, -0.05) is 30.3 Å². The lowest BCUT2D eigenvalue weighted by Crippen LogP contribution is -2.36. The zero-order valence-electron chi connectivity index (χ0n) is 18.6. The van der Waals surface area contributed by atoms with Gasteiger partial charge in [0.1, 0.15) is 0 Å². The molecule has 3 rings (SSSR count). The Bertz CT molecular complexity index is 913. The number of carbonyl (C=O) groups is 1. The first-order chi connectivity index (χ1) is 15.1. The summed E-state index contributed by atoms with van der Waals surface area (Å²) < 4.78 is 10.7. The molecule has 1 amide bonds. The second-order valence-electron chi connectivity index (χ2n) is 7.48. The number of carbonyl (C=O) groups excluding carboxylic acids is 1. The molecule has 0 unspecified atom stereocenters. The number of likely N-dealkylation sites (tertiary alicyclic amines) is 1. The van der Waals surface area contributed by atoms with Crippen molar-refractivity contribution in [2.45, 2.75) is 39.4 Å². The van der Waals surface area contributed by atoms with Crippen LogP contribution in [0.1, 0.15) is 36.5 Å². The van der Waals surface area contributed by atoms with Crippen molar-refractivity contribution >= 4 is 11.9 Å². The van der Waals surface area contributed by atoms with E-state index in [1.54, 1.807) is 14.2 Å². The minimum atomic E-state index is 0.247. The molecule has 1 heterocycles. The monoisotopic (exact) mass is 424 g/mol. The summed E-state index contributed by atoms with van der Waals surface area (Å²) in [6.45, 7) is 5.52. The average Bonchev–Trinajstić information content (AvgIpc) is 3.19. The Morgan fingerprint density at radius 3 is 2.55 bits per heavy atom. The first kappa shape index (κ1) is 22.5. The fourth-order valence-corrected chi connectivity index (χ4v) is 3.61. The van der Waals surface area contributed by atoms with Gasteiger partial charge in [0, 0.05) is 32.6 Å². The lowest BCUT2D eigenvalue weighted by molar-refractivity contribution is -0.128. The van der Waals surface area contributed by atoms with E-state index in [1.807, 2.05) is 36.1 Å². The molecule has 0 bridgehead atoms. The summed E-state index contributed by atoms with van der Waals surface area (Å²) in [5.74, 6) is 2.41. The Morgan fingerprint density at radius 1 is 1.03 bits per heavy atom. The van der Waals surface area contributed by atoms with Crippen molar-refractivity contribution in [1.29, 1.82) is 0 Å². The van der Waals surface area contributed by atoms with E-state index in [9.17, 15) is 4.79 Å². The number of ether oxygens (including phenoxy) is 2. The van der Waals surface area contributed by atoms with Crippen LogP contribution in [0.25, 0.3) is 0 Å². The van der Waals surface area contributed by atoms with Crippen LogP contribution in [-0.2, 0) is 24.4 Å². The van der Waals surface area contributed by atoms with Crippen molar-refractivity contribution in [3.05, 3.63) is 59.2 Å². The second-order valence-corrected chi connectivity index (χ2v) is 7.48. The number of rotatable bonds is 9. The number of nitrogens with one attached hydrogen (secondary N) is 2. The Morgan fingerprint density at radius 2 is 1.84 bits per heavy atom. The minimum absolute atomic E-state index is 0.247. The minimum Gasteiger partial charge on any atom is -0.493 e. The Labute approximate surface area is 184 Å². The molecule has 2 aromatic rings. The van der Waals surface area contributed by atoms with Gasteiger partial charge in [0.2, 0.25) is 5.91 Å². The molecule has 1 saturated heterocycles. The van der Waals surface area contributed by atoms with Crippen LogP contribution in [0.3, 0.4) is 0 Å². The predicted octanol–water partition coefficient (Wildman–Crippen LogP) is 3.08. The molecule has 166 valence electrons. The standard InChI is InChI=1S/C24H32N4O3/c1-4-25-24(27-16-19-10-11-21(30-2)22(14-19)31-3)26-15-18-7-5-8-20(13-18)17-28-12-6-9-23(28)29/h5,7-8,10-11,13-14H,4,6,9,12,15-17H2,1-3H3,(H2,25,26,27). The van der Waals surface area contributed by atoms with Crippen molar-refractivity contribution in [2.75, 3.05) is 27.3 Å². The van der Waals surface area contributed by atoms with E-state index in [-0.39, 0.29) is 5.91 Å². The van der Waals surface area contributed by atoms with E-state index in [2.05, 4.69) is 28.8 Å². The molecule has 0 spiro atoms. The van der Waals surface area contributed by atoms with E-state index in [1.165, 1.54) is 0 Å². The number of hydrogen-bond donors (Lipinski definition) is 2. The van der Waals surface area contributed by atoms with Gasteiger partial charge in [-0.05, 0) is 42.2 Å². The third kappa shape index (κ3) is 6.38. The van der Waals surface area contributed by atoms with Crippen LogP contribution in [-0.4, -0.2) is 44.1 Å². The van der Waals surface area contributed by atoms with E-state index in [4.69, 9.17) is 14.5 Å². The highest BCUT2D eigenvalue weighted by Crippen LogP contribution is 2.27. The molecule has 1 aliphatic heterocycles. The molecular weight excluding hydrogens is 392 g/mol. The van der Waals surface area contributed by atoms with Crippen LogP contribution in [0.2, 0.25) is 0 Å². The van der Waals surface area contributed by atoms with Crippen molar-refractivity contribution < 1.29 is 14.3 Å². The van der Waals surface area contributed by atoms with Crippen molar-refractivity contribution in [3.63, 3.8) is 0 Å². The molecule has 0 radical (unpaired) electrons. The van der Waals surface area contributed by atoms with Crippen molar-refractivity contribution in [1.82, 2.24) is 15.5 Å². The molecular formula is C24H32N4O3. The number of aliphatic imine (C=N–C) groups is 1. The Hall–Kier alpha value is -3.22. The van der Waals surface area contributed by atoms with Crippen LogP contribution >= 0.6 is 0 Å². The maximum atomic E-state index is 11.9. The highest BCUT2D eigenvalue weighted by molar-refractivity contribution is 5.79. The molecule has 7 nitrogen and oxygen atoms in total. The number of nitrogens with zero attached hydrogens (tertiary/aromatic N) is 2. The molecule has 7 heteroatoms. The quantitative estimate of drug-likeness (QED) is 0.478. The summed E-state index contributed by atoms with van der Waals surface area (Å²) in [7, 11) is 3.26. The SMILES string of the molecule is CCNC(=NCc1cccc(CN2CCCC2=O)c1)NCc1ccc(OC)c(OC)c1. The number of guanidine groups is 1. The van der Waals surface area contributed by atoms with Gasteiger partial charge in [0.15, 0.2) is 17.5 Å². The van der Waals surface area contributed by atoms with Crippen molar-refractivity contribution in [2.24, 2.45) is 4.99 Å². The average molecular weight is 425 g/mol. The summed E-state index contributed by atoms with van der Waals surface area (Å²) in [6.07, 6.45) is 1.63. The summed E-state index contributed by atoms with van der Waals surface area (Å²) in [5.41, 5.74) is 3.33. The van der Waals surface area contributed by atoms with Gasteiger partial charge >= 0.3 is 0 Å². The summed E-state index contributed by atoms with van der Waals surface area (Å²) >= 11 is 0. The molecule has 1 fully saturated rings. The van der Waals surface area contributed by atoms with Crippen molar-refractivity contribution in [3.8, 4) is 11.5 Å². The number of hydrogen-bond acceptors (Lipinski definition) is 4. The van der Waals surface area contributed by atoms with Crippen LogP contribution in [0.5, 0.6) is 11.5 Å². The van der Waals surface area contributed by atoms with Gasteiger partial charge in [0.25, 0.3) is 0 Å². The number of methoxy groups -OCH3 is 2. The molecule has 31 heavy (non-hydrogen) atoms. The third-order valence-electron chi connectivity index (χ3n) is 5.21. The van der Waals surface area contributed by atoms with Gasteiger partial charge in [-0.2, -0.15) is 0 Å². The summed E-state index contributed by atoms with van der Waals surface area (Å²) in [5, 5.41) is 6.65. The van der Waals surface area contributed by atoms with Gasteiger partial charge < -0.3 is 25.0 Å². The van der Waals surface area contributed by atoms with E-state index < -0.39 is 0 Å². The fourth-order valence-electron chi connectivity index (χ4n) is 3.61. The Kier molecular flexibility index (Phi) is 8.15. The smallest absolute Gasteiger partial charge is 0.222 e. The fraction of sp³-hybridized carbons (Fsp3) is 0.417. The molecule has 2 aromatic carbocycles. The highest BCUT2D eigenvalue weighted by Gasteiger charge is 2.19. The lowest BCUT2D eigenvalue weighted by Gasteiger charge is -2.16. The molecule has 0 saturated carbocycles. The van der Waals surface area contributed by atoms with Crippen LogP contribution in [0.4, 0.5) is 0 Å². The zero-order chi connectivity index (χ0) is 22.1. The lowest BCUT2D eigenvalue weighted by atomic mass is 10.1. The normalized spacial score (nSPS) is 14.0. The number of amides is 1. The van der Waals surface area contributed by atoms with E-state index in [0.29, 0.717) is 37.6 Å². The van der Waals surface area contributed by atoms with Crippen LogP contribution < -0.4 is 20.1 Å². The summed E-state index contributed by atoms with van der Waals surface area (Å²) in [4.78, 5) is 18.5. The first-order valence-corrected chi connectivity index (χ1v) is 10.7. The second kappa shape index (κ2) is 11.2. The molecule has 0 aromatic heterocycles. The zero-order valence-corrected chi connectivity index (χ0v) is 18.6. The predicted molar refractivity (Wildman–Crippen MR) is 122 cm³/mol. The highest BCUT2D eigenvalue weighted by atomic mass is 16.5.